The van der Waals surface area contributed by atoms with Gasteiger partial charge in [-0.15, -0.1) is 0 Å². The summed E-state index contributed by atoms with van der Waals surface area (Å²) in [6, 6.07) is 0. The van der Waals surface area contributed by atoms with Gasteiger partial charge in [-0.3, -0.25) is 32.5 Å². The summed E-state index contributed by atoms with van der Waals surface area (Å²) in [5, 5.41) is 26.3. The van der Waals surface area contributed by atoms with Crippen molar-refractivity contribution >= 4 is 69.1 Å². The summed E-state index contributed by atoms with van der Waals surface area (Å²) in [6.07, 6.45) is 0.272. The third kappa shape index (κ3) is 13.0. The molecule has 3 heterocycles. The van der Waals surface area contributed by atoms with E-state index >= 15 is 0 Å². The van der Waals surface area contributed by atoms with Crippen LogP contribution in [0.2, 0.25) is 0 Å². The molecule has 2 aromatic rings. The summed E-state index contributed by atoms with van der Waals surface area (Å²) in [7, 11) is -16.4. The number of nitrogens with one attached hydrogen (secondary N) is 2. The van der Waals surface area contributed by atoms with Crippen LogP contribution >= 0.6 is 35.2 Å². The molecule has 24 nitrogen and oxygen atoms in total. The van der Waals surface area contributed by atoms with E-state index in [4.69, 9.17) is 19.5 Å². The fourth-order valence-electron chi connectivity index (χ4n) is 5.12. The zero-order valence-corrected chi connectivity index (χ0v) is 33.2. The van der Waals surface area contributed by atoms with Crippen molar-refractivity contribution in [2.24, 2.45) is 5.41 Å². The number of nitrogens with zero attached hydrogens (tertiary/aromatic N) is 4. The number of rotatable bonds is 20. The van der Waals surface area contributed by atoms with Crippen molar-refractivity contribution in [3.8, 4) is 0 Å². The first kappa shape index (κ1) is 45.7. The summed E-state index contributed by atoms with van der Waals surface area (Å²) in [6.45, 7) is 0.487. The standard InChI is InChI=1S/C28H42N7O17P3S/c1-28(2,22(38)25(39)31-9-8-18(36)30-10-11-56-27(40)16-6-4-3-5-7-16)13-49-55(46,47)52-54(44,45)48-12-17-21(51-53(41,42)43)20(37)26(50-17)35-15-34-19-23(29)32-14-33-24(19)35/h4,6-7,14-15,17,20-22,26,37-38H,3,5,8-13H2,1-2H3,(H,30,36)(H,31,39)(H,44,45)(H,46,47)(H2,29,32,33)(H2,41,42,43)/t17-,20-,21-,22+,26-/m1/s1. The largest absolute Gasteiger partial charge is 0.481 e. The molecule has 1 aliphatic carbocycles. The van der Waals surface area contributed by atoms with Crippen molar-refractivity contribution in [3.05, 3.63) is 36.5 Å². The number of imidazole rings is 1. The molecule has 56 heavy (non-hydrogen) atoms. The molecule has 0 aromatic carbocycles. The van der Waals surface area contributed by atoms with Gasteiger partial charge in [0.15, 0.2) is 17.7 Å². The third-order valence-corrected chi connectivity index (χ3v) is 12.0. The van der Waals surface area contributed by atoms with Crippen LogP contribution in [0.25, 0.3) is 11.2 Å². The number of fused-ring (bicyclic) bond motifs is 1. The smallest absolute Gasteiger partial charge is 0.386 e. The van der Waals surface area contributed by atoms with Gasteiger partial charge in [0, 0.05) is 36.3 Å². The number of phosphoric acid groups is 3. The Hall–Kier alpha value is -2.96. The minimum Gasteiger partial charge on any atom is -0.386 e. The van der Waals surface area contributed by atoms with E-state index in [9.17, 15) is 57.9 Å². The second kappa shape index (κ2) is 19.2. The number of carbonyl (C=O) groups is 3. The van der Waals surface area contributed by atoms with Crippen LogP contribution in [0.1, 0.15) is 39.3 Å². The molecule has 2 aromatic heterocycles. The van der Waals surface area contributed by atoms with Gasteiger partial charge >= 0.3 is 23.5 Å². The molecular weight excluding hydrogens is 831 g/mol. The van der Waals surface area contributed by atoms with Crippen molar-refractivity contribution in [1.82, 2.24) is 30.2 Å². The molecule has 2 aliphatic rings. The lowest BCUT2D eigenvalue weighted by molar-refractivity contribution is -0.137. The van der Waals surface area contributed by atoms with E-state index in [2.05, 4.69) is 34.4 Å². The van der Waals surface area contributed by atoms with E-state index in [1.54, 1.807) is 6.08 Å². The number of aliphatic hydroxyl groups excluding tert-OH is 2. The Morgan fingerprint density at radius 2 is 1.79 bits per heavy atom. The summed E-state index contributed by atoms with van der Waals surface area (Å²) in [5.41, 5.74) is 4.87. The molecule has 10 N–H and O–H groups in total. The first-order chi connectivity index (χ1) is 26.1. The lowest BCUT2D eigenvalue weighted by Gasteiger charge is -2.30. The van der Waals surface area contributed by atoms with Crippen LogP contribution < -0.4 is 16.4 Å². The molecule has 0 radical (unpaired) electrons. The highest BCUT2D eigenvalue weighted by Crippen LogP contribution is 2.61. The molecule has 0 saturated carbocycles. The molecule has 1 aliphatic heterocycles. The number of nitrogen functional groups attached to an aromatic ring is 1. The predicted octanol–water partition coefficient (Wildman–Crippen LogP) is -0.0589. The van der Waals surface area contributed by atoms with Gasteiger partial charge < -0.3 is 50.9 Å². The quantitative estimate of drug-likeness (QED) is 0.0621. The SMILES string of the molecule is CC(C)(COP(=O)(O)OP(=O)(O)OC[C@H]1O[C@@H](n2cnc3c(N)ncnc32)[C@H](O)[C@@H]1OP(=O)(O)O)[C@@H](O)C(=O)NCCC(=O)NCCSC(=O)C1=CCCC=C1. The molecule has 1 saturated heterocycles. The van der Waals surface area contributed by atoms with Gasteiger partial charge in [-0.25, -0.2) is 28.6 Å². The highest BCUT2D eigenvalue weighted by Gasteiger charge is 2.50. The highest BCUT2D eigenvalue weighted by atomic mass is 32.2. The second-order valence-electron chi connectivity index (χ2n) is 12.8. The summed E-state index contributed by atoms with van der Waals surface area (Å²) >= 11 is 1.06. The molecular formula is C28H42N7O17P3S. The van der Waals surface area contributed by atoms with E-state index in [0.29, 0.717) is 11.3 Å². The Morgan fingerprint density at radius 1 is 1.07 bits per heavy atom. The molecule has 0 spiro atoms. The Morgan fingerprint density at radius 3 is 2.46 bits per heavy atom. The molecule has 28 heteroatoms. The van der Waals surface area contributed by atoms with Crippen LogP contribution in [-0.2, 0) is 50.7 Å². The van der Waals surface area contributed by atoms with Crippen LogP contribution in [0, 0.1) is 5.41 Å². The van der Waals surface area contributed by atoms with E-state index in [1.165, 1.54) is 13.8 Å². The van der Waals surface area contributed by atoms with Gasteiger partial charge in [-0.2, -0.15) is 4.31 Å². The van der Waals surface area contributed by atoms with Crippen LogP contribution in [0.5, 0.6) is 0 Å². The Kier molecular flexibility index (Phi) is 15.7. The maximum Gasteiger partial charge on any atom is 0.481 e. The number of amides is 2. The fraction of sp³-hybridized carbons (Fsp3) is 0.571. The normalized spacial score (nSPS) is 22.9. The number of anilines is 1. The lowest BCUT2D eigenvalue weighted by atomic mass is 9.87. The minimum absolute atomic E-state index is 0.0305. The number of aliphatic hydroxyl groups is 2. The third-order valence-electron chi connectivity index (χ3n) is 7.97. The number of allylic oxidation sites excluding steroid dienone is 3. The van der Waals surface area contributed by atoms with Gasteiger partial charge in [0.1, 0.15) is 36.3 Å². The number of hydrogen-bond acceptors (Lipinski definition) is 18. The van der Waals surface area contributed by atoms with Crippen LogP contribution in [0.15, 0.2) is 36.5 Å². The number of aromatic nitrogens is 4. The first-order valence-electron chi connectivity index (χ1n) is 16.5. The number of carbonyl (C=O) groups excluding carboxylic acids is 3. The maximum atomic E-state index is 12.7. The van der Waals surface area contributed by atoms with Gasteiger partial charge in [-0.05, 0) is 12.8 Å². The number of thioether (sulfide) groups is 1. The van der Waals surface area contributed by atoms with Gasteiger partial charge in [0.25, 0.3) is 0 Å². The Bertz CT molecular complexity index is 1960. The van der Waals surface area contributed by atoms with Gasteiger partial charge in [0.05, 0.1) is 19.5 Å². The number of hydrogen-bond donors (Lipinski definition) is 9. The monoisotopic (exact) mass is 873 g/mol. The first-order valence-corrected chi connectivity index (χ1v) is 22.0. The molecule has 2 unspecified atom stereocenters. The van der Waals surface area contributed by atoms with Crippen LogP contribution in [0.4, 0.5) is 5.82 Å². The number of ether oxygens (including phenoxy) is 1. The second-order valence-corrected chi connectivity index (χ2v) is 18.1. The average Bonchev–Trinajstić information content (AvgIpc) is 3.68. The van der Waals surface area contributed by atoms with E-state index in [-0.39, 0.29) is 41.6 Å². The summed E-state index contributed by atoms with van der Waals surface area (Å²) in [4.78, 5) is 87.8. The van der Waals surface area contributed by atoms with Crippen LogP contribution in [0.3, 0.4) is 0 Å². The topological polar surface area (TPSA) is 364 Å². The zero-order chi connectivity index (χ0) is 41.5. The maximum absolute atomic E-state index is 12.7. The molecule has 4 rings (SSSR count). The van der Waals surface area contributed by atoms with E-state index in [1.807, 2.05) is 12.2 Å². The zero-order valence-electron chi connectivity index (χ0n) is 29.7. The van der Waals surface area contributed by atoms with Crippen molar-refractivity contribution in [1.29, 1.82) is 0 Å². The van der Waals surface area contributed by atoms with E-state index in [0.717, 1.165) is 41.8 Å². The number of nitrogens with two attached hydrogens (primary N) is 1. The molecule has 0 bridgehead atoms. The van der Waals surface area contributed by atoms with Crippen LogP contribution in [-0.4, -0.2) is 123 Å². The summed E-state index contributed by atoms with van der Waals surface area (Å²) in [5.74, 6) is -1.12. The molecule has 1 fully saturated rings. The van der Waals surface area contributed by atoms with Gasteiger partial charge in [0.2, 0.25) is 16.9 Å². The molecule has 312 valence electrons. The Labute approximate surface area is 322 Å². The predicted molar refractivity (Wildman–Crippen MR) is 194 cm³/mol. The minimum atomic E-state index is -5.57. The van der Waals surface area contributed by atoms with Crippen molar-refractivity contribution in [2.45, 2.75) is 63.8 Å². The van der Waals surface area contributed by atoms with Crippen molar-refractivity contribution < 1.29 is 80.5 Å². The highest BCUT2D eigenvalue weighted by molar-refractivity contribution is 8.14. The van der Waals surface area contributed by atoms with Crippen molar-refractivity contribution in [2.75, 3.05) is 37.8 Å². The Balaban J connectivity index is 1.23. The molecule has 2 amide bonds. The lowest BCUT2D eigenvalue weighted by Crippen LogP contribution is -2.46. The average molecular weight is 874 g/mol. The van der Waals surface area contributed by atoms with Crippen molar-refractivity contribution in [3.63, 3.8) is 0 Å². The fourth-order valence-corrected chi connectivity index (χ4v) is 8.66. The summed E-state index contributed by atoms with van der Waals surface area (Å²) < 4.78 is 62.1. The van der Waals surface area contributed by atoms with E-state index < -0.39 is 84.6 Å². The van der Waals surface area contributed by atoms with Gasteiger partial charge in [-0.1, -0.05) is 43.8 Å². The number of phosphoric ester groups is 3. The molecule has 7 atom stereocenters.